The molecule has 31 heavy (non-hydrogen) atoms. The zero-order chi connectivity index (χ0) is 22.4. The molecule has 0 atom stereocenters. The highest BCUT2D eigenvalue weighted by Crippen LogP contribution is 2.29. The fourth-order valence-electron chi connectivity index (χ4n) is 3.46. The second-order valence-corrected chi connectivity index (χ2v) is 9.54. The molecule has 0 aromatic heterocycles. The van der Waals surface area contributed by atoms with Crippen molar-refractivity contribution >= 4 is 27.3 Å². The number of piperidine rings is 1. The summed E-state index contributed by atoms with van der Waals surface area (Å²) in [5, 5.41) is 2.74. The van der Waals surface area contributed by atoms with Gasteiger partial charge in [-0.05, 0) is 56.3 Å². The van der Waals surface area contributed by atoms with E-state index in [0.29, 0.717) is 17.1 Å². The van der Waals surface area contributed by atoms with Crippen molar-refractivity contribution in [3.05, 3.63) is 48.5 Å². The number of benzene rings is 2. The minimum atomic E-state index is -3.70. The van der Waals surface area contributed by atoms with Crippen molar-refractivity contribution in [2.75, 3.05) is 49.7 Å². The van der Waals surface area contributed by atoms with Gasteiger partial charge in [0.05, 0.1) is 19.1 Å². The summed E-state index contributed by atoms with van der Waals surface area (Å²) in [5.74, 6) is 0.663. The first kappa shape index (κ1) is 22.9. The van der Waals surface area contributed by atoms with Crippen LogP contribution in [0.4, 0.5) is 11.4 Å². The van der Waals surface area contributed by atoms with Gasteiger partial charge in [-0.3, -0.25) is 9.10 Å². The summed E-state index contributed by atoms with van der Waals surface area (Å²) in [6, 6.07) is 13.8. The number of carbonyl (C=O) groups is 1. The number of nitrogens with one attached hydrogen (secondary N) is 1. The van der Waals surface area contributed by atoms with E-state index in [1.165, 1.54) is 7.11 Å². The van der Waals surface area contributed by atoms with Crippen molar-refractivity contribution < 1.29 is 22.7 Å². The van der Waals surface area contributed by atoms with Crippen molar-refractivity contribution in [1.82, 2.24) is 4.90 Å². The van der Waals surface area contributed by atoms with Crippen molar-refractivity contribution in [2.45, 2.75) is 18.9 Å². The van der Waals surface area contributed by atoms with Crippen molar-refractivity contribution in [2.24, 2.45) is 0 Å². The van der Waals surface area contributed by atoms with Crippen LogP contribution < -0.4 is 19.1 Å². The summed E-state index contributed by atoms with van der Waals surface area (Å²) in [4.78, 5) is 14.9. The third-order valence-corrected chi connectivity index (χ3v) is 6.27. The molecule has 1 heterocycles. The Hall–Kier alpha value is -2.78. The number of para-hydroxylation sites is 2. The molecular formula is C22H29N3O5S. The third kappa shape index (κ3) is 6.35. The second kappa shape index (κ2) is 10.0. The Kier molecular flexibility index (Phi) is 7.40. The molecule has 0 bridgehead atoms. The fraction of sp³-hybridized carbons (Fsp3) is 0.409. The van der Waals surface area contributed by atoms with E-state index >= 15 is 0 Å². The average Bonchev–Trinajstić information content (AvgIpc) is 2.74. The first-order valence-corrected chi connectivity index (χ1v) is 12.0. The quantitative estimate of drug-likeness (QED) is 0.669. The molecule has 1 amide bonds. The molecule has 1 aliphatic heterocycles. The maximum absolute atomic E-state index is 12.6. The minimum Gasteiger partial charge on any atom is -0.495 e. The number of rotatable bonds is 8. The number of nitrogens with zero attached hydrogens (tertiary/aromatic N) is 2. The van der Waals surface area contributed by atoms with E-state index < -0.39 is 15.9 Å². The van der Waals surface area contributed by atoms with E-state index in [9.17, 15) is 13.2 Å². The number of anilines is 2. The molecule has 1 saturated heterocycles. The molecule has 2 aromatic carbocycles. The van der Waals surface area contributed by atoms with E-state index in [1.54, 1.807) is 36.4 Å². The smallest absolute Gasteiger partial charge is 0.245 e. The number of amides is 1. The van der Waals surface area contributed by atoms with Crippen molar-refractivity contribution in [1.29, 1.82) is 0 Å². The second-order valence-electron chi connectivity index (χ2n) is 7.63. The van der Waals surface area contributed by atoms with Gasteiger partial charge >= 0.3 is 0 Å². The van der Waals surface area contributed by atoms with Gasteiger partial charge in [0, 0.05) is 18.8 Å². The lowest BCUT2D eigenvalue weighted by molar-refractivity contribution is -0.114. The number of ether oxygens (including phenoxy) is 2. The SMILES string of the molecule is COc1ccccc1N(CC(=O)Nc1ccc(OC2CCN(C)CC2)cc1)S(C)(=O)=O. The van der Waals surface area contributed by atoms with Gasteiger partial charge in [-0.2, -0.15) is 0 Å². The molecule has 1 fully saturated rings. The van der Waals surface area contributed by atoms with E-state index in [0.717, 1.165) is 42.2 Å². The number of hydrogen-bond acceptors (Lipinski definition) is 6. The summed E-state index contributed by atoms with van der Waals surface area (Å²) >= 11 is 0. The van der Waals surface area contributed by atoms with Crippen molar-refractivity contribution in [3.8, 4) is 11.5 Å². The van der Waals surface area contributed by atoms with Crippen LogP contribution in [0.3, 0.4) is 0 Å². The number of likely N-dealkylation sites (tertiary alicyclic amines) is 1. The van der Waals surface area contributed by atoms with Crippen LogP contribution in [0.1, 0.15) is 12.8 Å². The van der Waals surface area contributed by atoms with Gasteiger partial charge in [-0.1, -0.05) is 12.1 Å². The zero-order valence-electron chi connectivity index (χ0n) is 18.1. The maximum Gasteiger partial charge on any atom is 0.245 e. The Morgan fingerprint density at radius 3 is 2.39 bits per heavy atom. The van der Waals surface area contributed by atoms with Gasteiger partial charge in [0.1, 0.15) is 24.1 Å². The van der Waals surface area contributed by atoms with Crippen LogP contribution in [-0.2, 0) is 14.8 Å². The molecule has 0 aliphatic carbocycles. The normalized spacial score (nSPS) is 15.3. The van der Waals surface area contributed by atoms with Gasteiger partial charge in [0.15, 0.2) is 0 Å². The molecule has 2 aromatic rings. The highest BCUT2D eigenvalue weighted by molar-refractivity contribution is 7.92. The van der Waals surface area contributed by atoms with E-state index in [-0.39, 0.29) is 12.6 Å². The number of sulfonamides is 1. The lowest BCUT2D eigenvalue weighted by Crippen LogP contribution is -2.37. The Morgan fingerprint density at radius 2 is 1.77 bits per heavy atom. The molecule has 1 N–H and O–H groups in total. The molecule has 0 unspecified atom stereocenters. The molecule has 0 saturated carbocycles. The van der Waals surface area contributed by atoms with Crippen LogP contribution in [-0.4, -0.2) is 65.4 Å². The van der Waals surface area contributed by atoms with Gasteiger partial charge in [0.2, 0.25) is 15.9 Å². The van der Waals surface area contributed by atoms with E-state index in [1.807, 2.05) is 12.1 Å². The standard InChI is InChI=1S/C22H29N3O5S/c1-24-14-12-19(13-15-24)30-18-10-8-17(9-11-18)23-22(26)16-25(31(3,27)28)20-6-4-5-7-21(20)29-2/h4-11,19H,12-16H2,1-3H3,(H,23,26). The molecular weight excluding hydrogens is 418 g/mol. The molecule has 0 radical (unpaired) electrons. The molecule has 3 rings (SSSR count). The summed E-state index contributed by atoms with van der Waals surface area (Å²) in [5.41, 5.74) is 0.874. The summed E-state index contributed by atoms with van der Waals surface area (Å²) in [7, 11) is -0.139. The van der Waals surface area contributed by atoms with Crippen LogP contribution in [0, 0.1) is 0 Å². The Morgan fingerprint density at radius 1 is 1.13 bits per heavy atom. The topological polar surface area (TPSA) is 88.2 Å². The summed E-state index contributed by atoms with van der Waals surface area (Å²) in [6.07, 6.45) is 3.22. The van der Waals surface area contributed by atoms with Crippen LogP contribution in [0.25, 0.3) is 0 Å². The molecule has 168 valence electrons. The van der Waals surface area contributed by atoms with Crippen LogP contribution in [0.5, 0.6) is 11.5 Å². The van der Waals surface area contributed by atoms with Gasteiger partial charge < -0.3 is 19.7 Å². The first-order chi connectivity index (χ1) is 14.8. The largest absolute Gasteiger partial charge is 0.495 e. The average molecular weight is 448 g/mol. The number of carbonyl (C=O) groups excluding carboxylic acids is 1. The first-order valence-electron chi connectivity index (χ1n) is 10.1. The number of methoxy groups -OCH3 is 1. The highest BCUT2D eigenvalue weighted by atomic mass is 32.2. The minimum absolute atomic E-state index is 0.195. The van der Waals surface area contributed by atoms with Gasteiger partial charge in [-0.15, -0.1) is 0 Å². The molecule has 0 spiro atoms. The third-order valence-electron chi connectivity index (χ3n) is 5.15. The molecule has 8 nitrogen and oxygen atoms in total. The Balaban J connectivity index is 1.63. The van der Waals surface area contributed by atoms with E-state index in [4.69, 9.17) is 9.47 Å². The van der Waals surface area contributed by atoms with E-state index in [2.05, 4.69) is 17.3 Å². The Bertz CT molecular complexity index is 986. The fourth-order valence-corrected chi connectivity index (χ4v) is 4.32. The summed E-state index contributed by atoms with van der Waals surface area (Å²) < 4.78 is 36.9. The van der Waals surface area contributed by atoms with Crippen LogP contribution >= 0.6 is 0 Å². The predicted molar refractivity (Wildman–Crippen MR) is 121 cm³/mol. The van der Waals surface area contributed by atoms with Crippen LogP contribution in [0.15, 0.2) is 48.5 Å². The zero-order valence-corrected chi connectivity index (χ0v) is 18.9. The summed E-state index contributed by atoms with van der Waals surface area (Å²) in [6.45, 7) is 1.66. The molecule has 1 aliphatic rings. The molecule has 9 heteroatoms. The number of hydrogen-bond donors (Lipinski definition) is 1. The highest BCUT2D eigenvalue weighted by Gasteiger charge is 2.24. The predicted octanol–water partition coefficient (Wildman–Crippen LogP) is 2.57. The maximum atomic E-state index is 12.6. The van der Waals surface area contributed by atoms with Crippen LogP contribution in [0.2, 0.25) is 0 Å². The monoisotopic (exact) mass is 447 g/mol. The lowest BCUT2D eigenvalue weighted by Gasteiger charge is -2.29. The van der Waals surface area contributed by atoms with Gasteiger partial charge in [0.25, 0.3) is 0 Å². The Labute approximate surface area is 183 Å². The van der Waals surface area contributed by atoms with Crippen molar-refractivity contribution in [3.63, 3.8) is 0 Å². The van der Waals surface area contributed by atoms with Gasteiger partial charge in [-0.25, -0.2) is 8.42 Å². The lowest BCUT2D eigenvalue weighted by atomic mass is 10.1.